The van der Waals surface area contributed by atoms with Crippen molar-refractivity contribution in [2.24, 2.45) is 0 Å². The molecule has 0 radical (unpaired) electrons. The summed E-state index contributed by atoms with van der Waals surface area (Å²) >= 11 is 1.77. The second kappa shape index (κ2) is 7.84. The number of morpholine rings is 1. The number of hydrogen-bond acceptors (Lipinski definition) is 5. The van der Waals surface area contributed by atoms with Gasteiger partial charge in [-0.2, -0.15) is 0 Å². The van der Waals surface area contributed by atoms with Crippen LogP contribution in [0.2, 0.25) is 0 Å². The van der Waals surface area contributed by atoms with Crippen molar-refractivity contribution in [1.29, 1.82) is 0 Å². The normalized spacial score (nSPS) is 21.9. The Morgan fingerprint density at radius 1 is 1.07 bits per heavy atom. The maximum absolute atomic E-state index is 11.9. The number of fused-ring (bicyclic) bond motifs is 2. The van der Waals surface area contributed by atoms with E-state index >= 15 is 0 Å². The lowest BCUT2D eigenvalue weighted by Gasteiger charge is -2.38. The zero-order valence-corrected chi connectivity index (χ0v) is 17.0. The smallest absolute Gasteiger partial charge is 0.117 e. The van der Waals surface area contributed by atoms with Crippen LogP contribution >= 0.6 is 11.8 Å². The van der Waals surface area contributed by atoms with Crippen molar-refractivity contribution in [3.05, 3.63) is 53.6 Å². The van der Waals surface area contributed by atoms with Crippen LogP contribution in [0.3, 0.4) is 0 Å². The molecule has 0 bridgehead atoms. The van der Waals surface area contributed by atoms with E-state index in [4.69, 9.17) is 4.74 Å². The maximum Gasteiger partial charge on any atom is 0.117 e. The molecule has 0 amide bonds. The number of hydrogen-bond donors (Lipinski definition) is 1. The molecule has 2 aliphatic heterocycles. The highest BCUT2D eigenvalue weighted by Gasteiger charge is 2.39. The predicted molar refractivity (Wildman–Crippen MR) is 111 cm³/mol. The van der Waals surface area contributed by atoms with Gasteiger partial charge in [0.25, 0.3) is 0 Å². The van der Waals surface area contributed by atoms with Crippen molar-refractivity contribution in [3.63, 3.8) is 0 Å². The van der Waals surface area contributed by atoms with Gasteiger partial charge in [0, 0.05) is 39.7 Å². The van der Waals surface area contributed by atoms with Crippen molar-refractivity contribution in [2.75, 3.05) is 51.8 Å². The molecule has 1 N–H and O–H groups in total. The zero-order chi connectivity index (χ0) is 18.9. The standard InChI is InChI=1S/C22H28N2O2S/c1-23(2)11-5-10-22(25)18-6-3-4-7-20(18)27-21-9-8-17(16-19(21)22)24-12-14-26-15-13-24/h3-4,6-9,16,25H,5,10-15H2,1-2H3/t22-/m0/s1. The first kappa shape index (κ1) is 18.8. The molecule has 1 saturated heterocycles. The van der Waals surface area contributed by atoms with E-state index < -0.39 is 5.60 Å². The van der Waals surface area contributed by atoms with Gasteiger partial charge in [-0.15, -0.1) is 0 Å². The molecule has 1 atom stereocenters. The van der Waals surface area contributed by atoms with Gasteiger partial charge in [-0.3, -0.25) is 0 Å². The van der Waals surface area contributed by atoms with E-state index in [1.54, 1.807) is 11.8 Å². The number of rotatable bonds is 5. The third-order valence-electron chi connectivity index (χ3n) is 5.48. The van der Waals surface area contributed by atoms with E-state index in [-0.39, 0.29) is 0 Å². The SMILES string of the molecule is CN(C)CCC[C@]1(O)c2ccccc2Sc2ccc(N3CCOCC3)cc21. The zero-order valence-electron chi connectivity index (χ0n) is 16.1. The quantitative estimate of drug-likeness (QED) is 0.853. The van der Waals surface area contributed by atoms with Crippen LogP contribution in [-0.4, -0.2) is 56.9 Å². The van der Waals surface area contributed by atoms with Crippen molar-refractivity contribution in [2.45, 2.75) is 28.2 Å². The van der Waals surface area contributed by atoms with Gasteiger partial charge in [-0.1, -0.05) is 30.0 Å². The van der Waals surface area contributed by atoms with Crippen LogP contribution in [0.25, 0.3) is 0 Å². The number of benzene rings is 2. The fraction of sp³-hybridized carbons (Fsp3) is 0.455. The lowest BCUT2D eigenvalue weighted by molar-refractivity contribution is 0.0600. The fourth-order valence-corrected chi connectivity index (χ4v) is 5.23. The number of anilines is 1. The molecule has 0 spiro atoms. The van der Waals surface area contributed by atoms with Crippen LogP contribution in [-0.2, 0) is 10.3 Å². The third kappa shape index (κ3) is 3.74. The molecular weight excluding hydrogens is 356 g/mol. The summed E-state index contributed by atoms with van der Waals surface area (Å²) in [6.45, 7) is 4.31. The van der Waals surface area contributed by atoms with Gasteiger partial charge < -0.3 is 19.6 Å². The van der Waals surface area contributed by atoms with Gasteiger partial charge in [0.05, 0.1) is 13.2 Å². The Bertz CT molecular complexity index is 805. The number of aliphatic hydroxyl groups is 1. The fourth-order valence-electron chi connectivity index (χ4n) is 4.03. The molecular formula is C22H28N2O2S. The highest BCUT2D eigenvalue weighted by atomic mass is 32.2. The lowest BCUT2D eigenvalue weighted by atomic mass is 9.81. The minimum atomic E-state index is -0.935. The van der Waals surface area contributed by atoms with Crippen molar-refractivity contribution < 1.29 is 9.84 Å². The second-order valence-electron chi connectivity index (χ2n) is 7.65. The first-order valence-electron chi connectivity index (χ1n) is 9.69. The van der Waals surface area contributed by atoms with E-state index in [0.717, 1.165) is 66.6 Å². The maximum atomic E-state index is 11.9. The second-order valence-corrected chi connectivity index (χ2v) is 8.73. The van der Waals surface area contributed by atoms with E-state index in [1.807, 2.05) is 6.07 Å². The van der Waals surface area contributed by atoms with Crippen LogP contribution in [0.15, 0.2) is 52.3 Å². The summed E-state index contributed by atoms with van der Waals surface area (Å²) < 4.78 is 5.50. The van der Waals surface area contributed by atoms with Crippen molar-refractivity contribution >= 4 is 17.4 Å². The first-order valence-corrected chi connectivity index (χ1v) is 10.5. The Labute approximate surface area is 166 Å². The molecule has 2 aromatic carbocycles. The average molecular weight is 385 g/mol. The summed E-state index contributed by atoms with van der Waals surface area (Å²) in [7, 11) is 4.17. The van der Waals surface area contributed by atoms with E-state index in [9.17, 15) is 5.11 Å². The summed E-state index contributed by atoms with van der Waals surface area (Å²) in [6.07, 6.45) is 1.67. The van der Waals surface area contributed by atoms with Gasteiger partial charge in [0.15, 0.2) is 0 Å². The predicted octanol–water partition coefficient (Wildman–Crippen LogP) is 3.57. The van der Waals surface area contributed by atoms with Gasteiger partial charge in [-0.05, 0) is 57.7 Å². The molecule has 2 aliphatic rings. The van der Waals surface area contributed by atoms with Crippen LogP contribution in [0, 0.1) is 0 Å². The monoisotopic (exact) mass is 384 g/mol. The summed E-state index contributed by atoms with van der Waals surface area (Å²) in [5.74, 6) is 0. The molecule has 4 nitrogen and oxygen atoms in total. The molecule has 0 unspecified atom stereocenters. The van der Waals surface area contributed by atoms with Crippen LogP contribution in [0.5, 0.6) is 0 Å². The van der Waals surface area contributed by atoms with E-state index in [2.05, 4.69) is 60.3 Å². The molecule has 144 valence electrons. The summed E-state index contributed by atoms with van der Waals surface area (Å²) in [5.41, 5.74) is 2.34. The third-order valence-corrected chi connectivity index (χ3v) is 6.63. The van der Waals surface area contributed by atoms with Crippen LogP contribution in [0.4, 0.5) is 5.69 Å². The van der Waals surface area contributed by atoms with Gasteiger partial charge >= 0.3 is 0 Å². The van der Waals surface area contributed by atoms with Gasteiger partial charge in [0.2, 0.25) is 0 Å². The van der Waals surface area contributed by atoms with Crippen LogP contribution < -0.4 is 4.90 Å². The minimum absolute atomic E-state index is 0.725. The Hall–Kier alpha value is -1.53. The Morgan fingerprint density at radius 2 is 1.81 bits per heavy atom. The summed E-state index contributed by atoms with van der Waals surface area (Å²) in [4.78, 5) is 6.86. The van der Waals surface area contributed by atoms with Crippen LogP contribution in [0.1, 0.15) is 24.0 Å². The molecule has 0 aliphatic carbocycles. The topological polar surface area (TPSA) is 35.9 Å². The molecule has 2 aromatic rings. The molecule has 27 heavy (non-hydrogen) atoms. The summed E-state index contributed by atoms with van der Waals surface area (Å²) in [6, 6.07) is 14.9. The highest BCUT2D eigenvalue weighted by Crippen LogP contribution is 2.50. The molecule has 0 saturated carbocycles. The number of ether oxygens (including phenoxy) is 1. The highest BCUT2D eigenvalue weighted by molar-refractivity contribution is 7.99. The van der Waals surface area contributed by atoms with Crippen molar-refractivity contribution in [1.82, 2.24) is 4.90 Å². The van der Waals surface area contributed by atoms with E-state index in [1.165, 1.54) is 5.69 Å². The van der Waals surface area contributed by atoms with E-state index in [0.29, 0.717) is 0 Å². The van der Waals surface area contributed by atoms with Gasteiger partial charge in [0.1, 0.15) is 5.60 Å². The first-order chi connectivity index (χ1) is 13.1. The minimum Gasteiger partial charge on any atom is -0.380 e. The lowest BCUT2D eigenvalue weighted by Crippen LogP contribution is -2.37. The summed E-state index contributed by atoms with van der Waals surface area (Å²) in [5, 5.41) is 11.9. The molecule has 5 heteroatoms. The Kier molecular flexibility index (Phi) is 5.46. The molecule has 4 rings (SSSR count). The van der Waals surface area contributed by atoms with Gasteiger partial charge in [-0.25, -0.2) is 0 Å². The van der Waals surface area contributed by atoms with Crippen molar-refractivity contribution in [3.8, 4) is 0 Å². The Morgan fingerprint density at radius 3 is 2.59 bits per heavy atom. The number of nitrogens with zero attached hydrogens (tertiary/aromatic N) is 2. The molecule has 0 aromatic heterocycles. The molecule has 2 heterocycles. The average Bonchev–Trinajstić information content (AvgIpc) is 2.68. The largest absolute Gasteiger partial charge is 0.380 e. The molecule has 1 fully saturated rings. The Balaban J connectivity index is 1.72.